The van der Waals surface area contributed by atoms with Gasteiger partial charge in [0.25, 0.3) is 0 Å². The van der Waals surface area contributed by atoms with Gasteiger partial charge in [0, 0.05) is 52.3 Å². The Labute approximate surface area is 235 Å². The van der Waals surface area contributed by atoms with Crippen LogP contribution in [0.5, 0.6) is 5.75 Å². The van der Waals surface area contributed by atoms with Crippen LogP contribution in [0.2, 0.25) is 0 Å². The number of carbonyl (C=O) groups is 1. The number of pyridine rings is 1. The molecule has 0 N–H and O–H groups in total. The number of nitrogens with zero attached hydrogens (tertiary/aromatic N) is 4. The van der Waals surface area contributed by atoms with Crippen LogP contribution in [0, 0.1) is 26.7 Å². The largest absolute Gasteiger partial charge is 0.497 e. The minimum Gasteiger partial charge on any atom is -0.497 e. The Morgan fingerprint density at radius 2 is 1.67 bits per heavy atom. The van der Waals surface area contributed by atoms with Gasteiger partial charge in [0.1, 0.15) is 17.4 Å². The number of rotatable bonds is 13. The van der Waals surface area contributed by atoms with Gasteiger partial charge in [-0.2, -0.15) is 0 Å². The Balaban J connectivity index is 1.55. The van der Waals surface area contributed by atoms with E-state index >= 15 is 0 Å². The zero-order chi connectivity index (χ0) is 28.7. The molecule has 8 nitrogen and oxygen atoms in total. The van der Waals surface area contributed by atoms with Gasteiger partial charge in [0.05, 0.1) is 12.0 Å². The fraction of sp³-hybridized carbons (Fsp3) is 0.600. The number of aromatic nitrogens is 1. The Kier molecular flexibility index (Phi) is 10.9. The molecule has 0 amide bonds. The van der Waals surface area contributed by atoms with Crippen molar-refractivity contribution in [1.29, 1.82) is 0 Å². The summed E-state index contributed by atoms with van der Waals surface area (Å²) in [6, 6.07) is 5.48. The molecule has 1 aromatic carbocycles. The van der Waals surface area contributed by atoms with E-state index in [9.17, 15) is 13.2 Å². The van der Waals surface area contributed by atoms with E-state index in [1.165, 1.54) is 30.7 Å². The van der Waals surface area contributed by atoms with Crippen molar-refractivity contribution in [2.24, 2.45) is 5.92 Å². The Morgan fingerprint density at radius 1 is 1.05 bits per heavy atom. The molecule has 0 aliphatic carbocycles. The highest BCUT2D eigenvalue weighted by Crippen LogP contribution is 2.28. The second kappa shape index (κ2) is 13.7. The molecule has 0 bridgehead atoms. The topological polar surface area (TPSA) is 83.0 Å². The second-order valence-corrected chi connectivity index (χ2v) is 12.8. The average Bonchev–Trinajstić information content (AvgIpc) is 2.90. The van der Waals surface area contributed by atoms with Gasteiger partial charge in [0.2, 0.25) is 10.0 Å². The SMILES string of the molecule is CCN(CC)CC1CCN(c2ncc(CC(=O)CCN(C)S(=O)(=O)c3c(C)cc(OC)cc3C)cc2C)CC1. The number of hydrogen-bond acceptors (Lipinski definition) is 7. The first-order valence-corrected chi connectivity index (χ1v) is 15.5. The van der Waals surface area contributed by atoms with Gasteiger partial charge in [-0.1, -0.05) is 19.9 Å². The molecular weight excluding hydrogens is 512 g/mol. The molecule has 1 aromatic heterocycles. The number of methoxy groups -OCH3 is 1. The first-order valence-electron chi connectivity index (χ1n) is 14.1. The lowest BCUT2D eigenvalue weighted by Gasteiger charge is -2.35. The molecule has 0 saturated carbocycles. The van der Waals surface area contributed by atoms with E-state index in [1.807, 2.05) is 6.07 Å². The summed E-state index contributed by atoms with van der Waals surface area (Å²) in [5.41, 5.74) is 3.19. The van der Waals surface area contributed by atoms with Crippen molar-refractivity contribution in [2.75, 3.05) is 58.3 Å². The number of Topliss-reactive ketones (excluding diaryl/α,β-unsaturated/α-hetero) is 1. The fourth-order valence-corrected chi connectivity index (χ4v) is 7.11. The molecule has 1 fully saturated rings. The van der Waals surface area contributed by atoms with Crippen molar-refractivity contribution in [1.82, 2.24) is 14.2 Å². The van der Waals surface area contributed by atoms with E-state index < -0.39 is 10.0 Å². The predicted octanol–water partition coefficient (Wildman–Crippen LogP) is 4.40. The standard InChI is InChI=1S/C30H46N4O4S/c1-8-33(9-2)21-25-10-14-34(15-11-25)30-24(5)16-26(20-31-30)19-27(35)12-13-32(6)39(36,37)29-22(3)17-28(38-7)18-23(29)4/h16-18,20,25H,8-15,19,21H2,1-7H3. The van der Waals surface area contributed by atoms with E-state index in [0.29, 0.717) is 16.9 Å². The summed E-state index contributed by atoms with van der Waals surface area (Å²) in [4.78, 5) is 22.7. The molecule has 0 spiro atoms. The predicted molar refractivity (Wildman–Crippen MR) is 157 cm³/mol. The van der Waals surface area contributed by atoms with Gasteiger partial charge in [0.15, 0.2) is 0 Å². The molecule has 216 valence electrons. The van der Waals surface area contributed by atoms with E-state index in [2.05, 4.69) is 30.6 Å². The molecule has 2 heterocycles. The number of aryl methyl sites for hydroxylation is 3. The van der Waals surface area contributed by atoms with Crippen molar-refractivity contribution in [2.45, 2.75) is 65.2 Å². The minimum absolute atomic E-state index is 0.00797. The summed E-state index contributed by atoms with van der Waals surface area (Å²) in [5, 5.41) is 0. The van der Waals surface area contributed by atoms with Crippen LogP contribution in [-0.4, -0.2) is 81.8 Å². The quantitative estimate of drug-likeness (QED) is 0.360. The van der Waals surface area contributed by atoms with Crippen molar-refractivity contribution in [3.8, 4) is 5.75 Å². The molecule has 0 unspecified atom stereocenters. The molecule has 2 aromatic rings. The summed E-state index contributed by atoms with van der Waals surface area (Å²) >= 11 is 0. The van der Waals surface area contributed by atoms with Crippen molar-refractivity contribution < 1.29 is 17.9 Å². The fourth-order valence-electron chi connectivity index (χ4n) is 5.54. The first kappa shape index (κ1) is 31.0. The summed E-state index contributed by atoms with van der Waals surface area (Å²) in [6.07, 6.45) is 4.53. The number of hydrogen-bond donors (Lipinski definition) is 0. The third-order valence-electron chi connectivity index (χ3n) is 7.88. The maximum Gasteiger partial charge on any atom is 0.243 e. The highest BCUT2D eigenvalue weighted by atomic mass is 32.2. The summed E-state index contributed by atoms with van der Waals surface area (Å²) < 4.78 is 33.0. The van der Waals surface area contributed by atoms with Crippen molar-refractivity contribution in [3.05, 3.63) is 46.6 Å². The van der Waals surface area contributed by atoms with E-state index in [-0.39, 0.29) is 30.1 Å². The Morgan fingerprint density at radius 3 is 2.21 bits per heavy atom. The number of benzene rings is 1. The molecule has 1 aliphatic heterocycles. The molecule has 0 radical (unpaired) electrons. The second-order valence-electron chi connectivity index (χ2n) is 10.8. The summed E-state index contributed by atoms with van der Waals surface area (Å²) in [6.45, 7) is 15.5. The molecule has 0 atom stereocenters. The van der Waals surface area contributed by atoms with Crippen LogP contribution < -0.4 is 9.64 Å². The number of ether oxygens (including phenoxy) is 1. The van der Waals surface area contributed by atoms with Crippen LogP contribution in [0.15, 0.2) is 29.3 Å². The van der Waals surface area contributed by atoms with Crippen molar-refractivity contribution in [3.63, 3.8) is 0 Å². The van der Waals surface area contributed by atoms with E-state index in [4.69, 9.17) is 9.72 Å². The molecule has 39 heavy (non-hydrogen) atoms. The van der Waals surface area contributed by atoms with Gasteiger partial charge in [-0.25, -0.2) is 17.7 Å². The van der Waals surface area contributed by atoms with Crippen LogP contribution in [0.25, 0.3) is 0 Å². The van der Waals surface area contributed by atoms with Gasteiger partial charge in [-0.3, -0.25) is 4.79 Å². The number of anilines is 1. The van der Waals surface area contributed by atoms with E-state index in [0.717, 1.165) is 49.0 Å². The molecule has 3 rings (SSSR count). The number of sulfonamides is 1. The van der Waals surface area contributed by atoms with Crippen LogP contribution >= 0.6 is 0 Å². The number of ketones is 1. The Bertz CT molecular complexity index is 1210. The molecule has 1 aliphatic rings. The zero-order valence-electron chi connectivity index (χ0n) is 24.8. The van der Waals surface area contributed by atoms with Gasteiger partial charge >= 0.3 is 0 Å². The third-order valence-corrected chi connectivity index (χ3v) is 10.0. The lowest BCUT2D eigenvalue weighted by atomic mass is 9.95. The third kappa shape index (κ3) is 7.80. The van der Waals surface area contributed by atoms with Crippen LogP contribution in [0.4, 0.5) is 5.82 Å². The molecule has 9 heteroatoms. The highest BCUT2D eigenvalue weighted by molar-refractivity contribution is 7.89. The first-order chi connectivity index (χ1) is 18.5. The Hall–Kier alpha value is -2.49. The maximum atomic E-state index is 13.2. The van der Waals surface area contributed by atoms with Gasteiger partial charge < -0.3 is 14.5 Å². The normalized spacial score (nSPS) is 14.8. The molecule has 1 saturated heterocycles. The average molecular weight is 559 g/mol. The number of carbonyl (C=O) groups excluding carboxylic acids is 1. The lowest BCUT2D eigenvalue weighted by Crippen LogP contribution is -2.39. The van der Waals surface area contributed by atoms with Crippen LogP contribution in [-0.2, 0) is 21.2 Å². The van der Waals surface area contributed by atoms with E-state index in [1.54, 1.807) is 39.3 Å². The van der Waals surface area contributed by atoms with Crippen molar-refractivity contribution >= 4 is 21.6 Å². The highest BCUT2D eigenvalue weighted by Gasteiger charge is 2.26. The maximum absolute atomic E-state index is 13.2. The van der Waals surface area contributed by atoms with Crippen LogP contribution in [0.3, 0.4) is 0 Å². The monoisotopic (exact) mass is 558 g/mol. The zero-order valence-corrected chi connectivity index (χ0v) is 25.6. The van der Waals surface area contributed by atoms with Crippen LogP contribution in [0.1, 0.15) is 55.4 Å². The lowest BCUT2D eigenvalue weighted by molar-refractivity contribution is -0.118. The van der Waals surface area contributed by atoms with Gasteiger partial charge in [-0.15, -0.1) is 0 Å². The molecular formula is C30H46N4O4S. The number of piperidine rings is 1. The van der Waals surface area contributed by atoms with Gasteiger partial charge in [-0.05, 0) is 87.0 Å². The summed E-state index contributed by atoms with van der Waals surface area (Å²) in [5.74, 6) is 2.35. The summed E-state index contributed by atoms with van der Waals surface area (Å²) in [7, 11) is -0.645. The smallest absolute Gasteiger partial charge is 0.243 e. The minimum atomic E-state index is -3.73.